The lowest BCUT2D eigenvalue weighted by Gasteiger charge is -2.19. The van der Waals surface area contributed by atoms with E-state index in [9.17, 15) is 4.79 Å². The van der Waals surface area contributed by atoms with Crippen LogP contribution in [0.5, 0.6) is 0 Å². The van der Waals surface area contributed by atoms with E-state index in [4.69, 9.17) is 0 Å². The van der Waals surface area contributed by atoms with Crippen LogP contribution in [0, 0.1) is 0 Å². The molecule has 1 aliphatic rings. The number of nitrogens with one attached hydrogen (secondary N) is 1. The third-order valence-corrected chi connectivity index (χ3v) is 4.50. The summed E-state index contributed by atoms with van der Waals surface area (Å²) in [6.07, 6.45) is 2.38. The summed E-state index contributed by atoms with van der Waals surface area (Å²) in [5, 5.41) is 2.92. The molecule has 0 spiro atoms. The van der Waals surface area contributed by atoms with Crippen LogP contribution in [0.25, 0.3) is 0 Å². The second-order valence-electron chi connectivity index (χ2n) is 5.12. The highest BCUT2D eigenvalue weighted by Crippen LogP contribution is 2.31. The number of hydrogen-bond acceptors (Lipinski definition) is 1. The Hall–Kier alpha value is -1.61. The largest absolute Gasteiger partial charge is 0.326 e. The van der Waals surface area contributed by atoms with Crippen molar-refractivity contribution in [2.75, 3.05) is 5.32 Å². The highest BCUT2D eigenvalue weighted by molar-refractivity contribution is 9.09. The van der Waals surface area contributed by atoms with E-state index in [0.29, 0.717) is 11.2 Å². The van der Waals surface area contributed by atoms with Crippen molar-refractivity contribution >= 4 is 27.5 Å². The Morgan fingerprint density at radius 1 is 1.10 bits per heavy atom. The Kier molecular flexibility index (Phi) is 3.88. The molecule has 0 fully saturated rings. The molecule has 0 radical (unpaired) electrons. The maximum absolute atomic E-state index is 11.4. The highest BCUT2D eigenvalue weighted by atomic mass is 79.9. The van der Waals surface area contributed by atoms with Gasteiger partial charge in [0, 0.05) is 16.9 Å². The third kappa shape index (κ3) is 2.93. The van der Waals surface area contributed by atoms with E-state index in [0.717, 1.165) is 18.5 Å². The minimum Gasteiger partial charge on any atom is -0.326 e. The molecular weight excluding hydrogens is 314 g/mol. The summed E-state index contributed by atoms with van der Waals surface area (Å²) in [7, 11) is 0. The van der Waals surface area contributed by atoms with Crippen LogP contribution in [0.3, 0.4) is 0 Å². The monoisotopic (exact) mass is 329 g/mol. The van der Waals surface area contributed by atoms with Crippen LogP contribution in [0.4, 0.5) is 5.69 Å². The van der Waals surface area contributed by atoms with Gasteiger partial charge in [0.25, 0.3) is 0 Å². The molecule has 0 aliphatic carbocycles. The number of benzene rings is 2. The van der Waals surface area contributed by atoms with Gasteiger partial charge < -0.3 is 5.32 Å². The van der Waals surface area contributed by atoms with Gasteiger partial charge in [-0.2, -0.15) is 0 Å². The van der Waals surface area contributed by atoms with Gasteiger partial charge in [-0.25, -0.2) is 0 Å². The summed E-state index contributed by atoms with van der Waals surface area (Å²) in [4.78, 5) is 11.7. The standard InChI is InChI=1S/C17H16BrNO/c18-15(10-12-4-2-1-3-5-12)13-6-8-16-14(11-13)7-9-17(20)19-16/h1-6,8,11,15H,7,9-10H2,(H,19,20). The number of aryl methyl sites for hydroxylation is 1. The molecule has 3 rings (SSSR count). The quantitative estimate of drug-likeness (QED) is 0.838. The smallest absolute Gasteiger partial charge is 0.224 e. The molecule has 20 heavy (non-hydrogen) atoms. The van der Waals surface area contributed by atoms with Gasteiger partial charge in [0.15, 0.2) is 0 Å². The summed E-state index contributed by atoms with van der Waals surface area (Å²) in [5.41, 5.74) is 4.79. The second kappa shape index (κ2) is 5.80. The first-order valence-electron chi connectivity index (χ1n) is 6.83. The van der Waals surface area contributed by atoms with Crippen LogP contribution in [0.2, 0.25) is 0 Å². The minimum absolute atomic E-state index is 0.116. The second-order valence-corrected chi connectivity index (χ2v) is 6.23. The molecule has 0 saturated carbocycles. The van der Waals surface area contributed by atoms with E-state index in [1.54, 1.807) is 0 Å². The molecule has 1 atom stereocenters. The molecule has 2 aromatic rings. The van der Waals surface area contributed by atoms with Crippen molar-refractivity contribution in [3.05, 3.63) is 65.2 Å². The van der Waals surface area contributed by atoms with Gasteiger partial charge in [-0.15, -0.1) is 0 Å². The van der Waals surface area contributed by atoms with Gasteiger partial charge >= 0.3 is 0 Å². The summed E-state index contributed by atoms with van der Waals surface area (Å²) >= 11 is 3.78. The molecule has 0 aromatic heterocycles. The van der Waals surface area contributed by atoms with Crippen LogP contribution < -0.4 is 5.32 Å². The summed E-state index contributed by atoms with van der Waals surface area (Å²) in [6.45, 7) is 0. The van der Waals surface area contributed by atoms with Crippen LogP contribution in [-0.2, 0) is 17.6 Å². The van der Waals surface area contributed by atoms with Crippen LogP contribution in [0.15, 0.2) is 48.5 Å². The van der Waals surface area contributed by atoms with Gasteiger partial charge in [0.05, 0.1) is 0 Å². The number of rotatable bonds is 3. The van der Waals surface area contributed by atoms with Gasteiger partial charge in [0.2, 0.25) is 5.91 Å². The van der Waals surface area contributed by atoms with Gasteiger partial charge in [-0.3, -0.25) is 4.79 Å². The van der Waals surface area contributed by atoms with E-state index in [2.05, 4.69) is 57.6 Å². The fourth-order valence-electron chi connectivity index (χ4n) is 2.54. The highest BCUT2D eigenvalue weighted by Gasteiger charge is 2.17. The maximum Gasteiger partial charge on any atom is 0.224 e. The first kappa shape index (κ1) is 13.4. The molecule has 1 heterocycles. The van der Waals surface area contributed by atoms with Crippen molar-refractivity contribution in [2.45, 2.75) is 24.1 Å². The summed E-state index contributed by atoms with van der Waals surface area (Å²) < 4.78 is 0. The molecule has 1 aliphatic heterocycles. The Balaban J connectivity index is 1.79. The SMILES string of the molecule is O=C1CCc2cc(C(Br)Cc3ccccc3)ccc2N1. The van der Waals surface area contributed by atoms with E-state index in [1.165, 1.54) is 16.7 Å². The molecule has 102 valence electrons. The molecule has 3 heteroatoms. The first-order valence-corrected chi connectivity index (χ1v) is 7.74. The fraction of sp³-hybridized carbons (Fsp3) is 0.235. The van der Waals surface area contributed by atoms with Crippen LogP contribution in [0.1, 0.15) is 27.9 Å². The molecule has 0 saturated heterocycles. The lowest BCUT2D eigenvalue weighted by Crippen LogP contribution is -2.19. The Bertz CT molecular complexity index is 624. The predicted molar refractivity (Wildman–Crippen MR) is 85.2 cm³/mol. The number of carbonyl (C=O) groups is 1. The number of anilines is 1. The van der Waals surface area contributed by atoms with Gasteiger partial charge in [-0.1, -0.05) is 58.4 Å². The zero-order valence-electron chi connectivity index (χ0n) is 11.1. The Morgan fingerprint density at radius 2 is 1.90 bits per heavy atom. The first-order chi connectivity index (χ1) is 9.72. The zero-order chi connectivity index (χ0) is 13.9. The lowest BCUT2D eigenvalue weighted by molar-refractivity contribution is -0.116. The number of amides is 1. The van der Waals surface area contributed by atoms with Crippen molar-refractivity contribution in [3.8, 4) is 0 Å². The number of halogens is 1. The molecule has 1 amide bonds. The number of alkyl halides is 1. The van der Waals surface area contributed by atoms with E-state index in [-0.39, 0.29) is 5.91 Å². The molecule has 1 unspecified atom stereocenters. The zero-order valence-corrected chi connectivity index (χ0v) is 12.7. The van der Waals surface area contributed by atoms with Crippen LogP contribution >= 0.6 is 15.9 Å². The number of fused-ring (bicyclic) bond motifs is 1. The van der Waals surface area contributed by atoms with E-state index < -0.39 is 0 Å². The Morgan fingerprint density at radius 3 is 2.70 bits per heavy atom. The molecule has 2 nitrogen and oxygen atoms in total. The summed E-state index contributed by atoms with van der Waals surface area (Å²) in [6, 6.07) is 16.8. The third-order valence-electron chi connectivity index (χ3n) is 3.64. The number of hydrogen-bond donors (Lipinski definition) is 1. The Labute approximate surface area is 127 Å². The molecule has 1 N–H and O–H groups in total. The summed E-state index contributed by atoms with van der Waals surface area (Å²) in [5.74, 6) is 0.116. The maximum atomic E-state index is 11.4. The van der Waals surface area contributed by atoms with E-state index >= 15 is 0 Å². The topological polar surface area (TPSA) is 29.1 Å². The number of carbonyl (C=O) groups excluding carboxylic acids is 1. The minimum atomic E-state index is 0.116. The van der Waals surface area contributed by atoms with Crippen molar-refractivity contribution in [1.29, 1.82) is 0 Å². The van der Waals surface area contributed by atoms with Gasteiger partial charge in [-0.05, 0) is 35.6 Å². The fourth-order valence-corrected chi connectivity index (χ4v) is 3.20. The predicted octanol–water partition coefficient (Wildman–Crippen LogP) is 4.25. The van der Waals surface area contributed by atoms with E-state index in [1.807, 2.05) is 12.1 Å². The van der Waals surface area contributed by atoms with Crippen molar-refractivity contribution in [1.82, 2.24) is 0 Å². The van der Waals surface area contributed by atoms with Crippen molar-refractivity contribution in [2.24, 2.45) is 0 Å². The van der Waals surface area contributed by atoms with Crippen molar-refractivity contribution < 1.29 is 4.79 Å². The molecular formula is C17H16BrNO. The van der Waals surface area contributed by atoms with Gasteiger partial charge in [0.1, 0.15) is 0 Å². The van der Waals surface area contributed by atoms with Crippen LogP contribution in [-0.4, -0.2) is 5.91 Å². The van der Waals surface area contributed by atoms with Crippen molar-refractivity contribution in [3.63, 3.8) is 0 Å². The average molecular weight is 330 g/mol. The molecule has 0 bridgehead atoms. The normalized spacial score (nSPS) is 15.3. The molecule has 2 aromatic carbocycles. The average Bonchev–Trinajstić information content (AvgIpc) is 2.47. The lowest BCUT2D eigenvalue weighted by atomic mass is 9.97.